The van der Waals surface area contributed by atoms with E-state index in [4.69, 9.17) is 21.4 Å². The number of rotatable bonds is 6. The molecule has 27 heavy (non-hydrogen) atoms. The lowest BCUT2D eigenvalue weighted by Crippen LogP contribution is -2.31. The molecule has 0 aromatic heterocycles. The van der Waals surface area contributed by atoms with E-state index >= 15 is 0 Å². The molecule has 0 saturated carbocycles. The highest BCUT2D eigenvalue weighted by Crippen LogP contribution is 2.22. The lowest BCUT2D eigenvalue weighted by Gasteiger charge is -2.14. The molecule has 0 unspecified atom stereocenters. The van der Waals surface area contributed by atoms with Gasteiger partial charge in [-0.25, -0.2) is 17.5 Å². The highest BCUT2D eigenvalue weighted by atomic mass is 35.5. The van der Waals surface area contributed by atoms with Gasteiger partial charge in [0.25, 0.3) is 15.9 Å². The van der Waals surface area contributed by atoms with Crippen molar-refractivity contribution in [3.8, 4) is 5.75 Å². The highest BCUT2D eigenvalue weighted by Gasteiger charge is 2.24. The lowest BCUT2D eigenvalue weighted by molar-refractivity contribution is -0.118. The van der Waals surface area contributed by atoms with E-state index in [0.717, 1.165) is 12.6 Å². The molecular weight excluding hydrogens is 396 g/mol. The van der Waals surface area contributed by atoms with Crippen LogP contribution in [0, 0.1) is 6.92 Å². The molecule has 2 aromatic rings. The monoisotopic (exact) mass is 412 g/mol. The minimum atomic E-state index is -4.15. The van der Waals surface area contributed by atoms with Crippen molar-refractivity contribution in [2.45, 2.75) is 11.8 Å². The quantitative estimate of drug-likeness (QED) is 0.754. The van der Waals surface area contributed by atoms with Crippen molar-refractivity contribution < 1.29 is 27.9 Å². The molecule has 0 fully saturated rings. The fraction of sp³-hybridized carbons (Fsp3) is 0.176. The lowest BCUT2D eigenvalue weighted by atomic mass is 10.2. The van der Waals surface area contributed by atoms with E-state index in [-0.39, 0.29) is 15.8 Å². The van der Waals surface area contributed by atoms with Crippen LogP contribution in [0.15, 0.2) is 47.4 Å². The summed E-state index contributed by atoms with van der Waals surface area (Å²) < 4.78 is 29.7. The molecule has 10 heteroatoms. The first-order valence-electron chi connectivity index (χ1n) is 7.62. The first-order valence-corrected chi connectivity index (χ1v) is 9.44. The summed E-state index contributed by atoms with van der Waals surface area (Å²) in [5, 5.41) is 11.9. The van der Waals surface area contributed by atoms with Gasteiger partial charge in [0, 0.05) is 17.8 Å². The molecule has 2 rings (SSSR count). The molecule has 0 aliphatic heterocycles. The Kier molecular flexibility index (Phi) is 6.29. The van der Waals surface area contributed by atoms with Crippen molar-refractivity contribution in [1.82, 2.24) is 4.31 Å². The number of benzene rings is 2. The predicted octanol–water partition coefficient (Wildman–Crippen LogP) is 2.96. The van der Waals surface area contributed by atoms with Gasteiger partial charge in [-0.05, 0) is 55.0 Å². The summed E-state index contributed by atoms with van der Waals surface area (Å²) in [6.07, 6.45) is -1.60. The first-order chi connectivity index (χ1) is 12.6. The van der Waals surface area contributed by atoms with E-state index in [9.17, 15) is 18.0 Å². The smallest absolute Gasteiger partial charge is 0.421 e. The normalized spacial score (nSPS) is 10.9. The molecule has 0 radical (unpaired) electrons. The third-order valence-electron chi connectivity index (χ3n) is 3.56. The number of carbonyl (C=O) groups is 2. The minimum absolute atomic E-state index is 0.210. The van der Waals surface area contributed by atoms with E-state index in [1.807, 2.05) is 0 Å². The number of carboxylic acid groups (broad SMARTS) is 1. The summed E-state index contributed by atoms with van der Waals surface area (Å²) in [4.78, 5) is 22.6. The Hall–Kier alpha value is -2.78. The molecule has 2 N–H and O–H groups in total. The summed E-state index contributed by atoms with van der Waals surface area (Å²) in [5.74, 6) is 0.0790. The Morgan fingerprint density at radius 2 is 1.81 bits per heavy atom. The van der Waals surface area contributed by atoms with Crippen molar-refractivity contribution in [3.05, 3.63) is 53.1 Å². The van der Waals surface area contributed by atoms with Crippen LogP contribution in [-0.2, 0) is 14.8 Å². The number of halogens is 1. The SMILES string of the molecule is Cc1cc(Cl)ccc1OCC(=O)Nc1ccc(S(=O)(=O)N(C)C(=O)O)cc1. The Morgan fingerprint density at radius 1 is 1.19 bits per heavy atom. The third-order valence-corrected chi connectivity index (χ3v) is 5.54. The minimum Gasteiger partial charge on any atom is -0.483 e. The number of hydrogen-bond donors (Lipinski definition) is 2. The van der Waals surface area contributed by atoms with Gasteiger partial charge >= 0.3 is 6.09 Å². The zero-order valence-electron chi connectivity index (χ0n) is 14.5. The summed E-state index contributed by atoms with van der Waals surface area (Å²) in [6.45, 7) is 1.55. The fourth-order valence-electron chi connectivity index (χ4n) is 2.09. The van der Waals surface area contributed by atoms with E-state index < -0.39 is 22.0 Å². The van der Waals surface area contributed by atoms with Gasteiger partial charge in [0.15, 0.2) is 6.61 Å². The van der Waals surface area contributed by atoms with Crippen LogP contribution in [0.3, 0.4) is 0 Å². The van der Waals surface area contributed by atoms with Gasteiger partial charge in [-0.3, -0.25) is 4.79 Å². The molecule has 0 aliphatic carbocycles. The van der Waals surface area contributed by atoms with Gasteiger partial charge in [-0.1, -0.05) is 11.6 Å². The molecule has 8 nitrogen and oxygen atoms in total. The average Bonchev–Trinajstić information content (AvgIpc) is 2.60. The fourth-order valence-corrected chi connectivity index (χ4v) is 3.31. The van der Waals surface area contributed by atoms with Gasteiger partial charge in [0.2, 0.25) is 0 Å². The molecule has 0 bridgehead atoms. The number of hydrogen-bond acceptors (Lipinski definition) is 5. The maximum absolute atomic E-state index is 12.1. The zero-order valence-corrected chi connectivity index (χ0v) is 16.0. The summed E-state index contributed by atoms with van der Waals surface area (Å²) in [5.41, 5.74) is 1.13. The molecule has 2 aromatic carbocycles. The van der Waals surface area contributed by atoms with E-state index in [0.29, 0.717) is 16.5 Å². The van der Waals surface area contributed by atoms with E-state index in [1.165, 1.54) is 24.3 Å². The van der Waals surface area contributed by atoms with Crippen LogP contribution >= 0.6 is 11.6 Å². The maximum atomic E-state index is 12.1. The summed E-state index contributed by atoms with van der Waals surface area (Å²) >= 11 is 5.86. The molecule has 144 valence electrons. The average molecular weight is 413 g/mol. The molecule has 0 atom stereocenters. The Balaban J connectivity index is 1.99. The summed E-state index contributed by atoms with van der Waals surface area (Å²) in [6, 6.07) is 10.1. The van der Waals surface area contributed by atoms with Crippen molar-refractivity contribution >= 4 is 39.3 Å². The van der Waals surface area contributed by atoms with Crippen LogP contribution in [0.5, 0.6) is 5.75 Å². The standard InChI is InChI=1S/C17H17ClN2O6S/c1-11-9-12(18)3-8-15(11)26-10-16(21)19-13-4-6-14(7-5-13)27(24,25)20(2)17(22)23/h3-9H,10H2,1-2H3,(H,19,21)(H,22,23). The van der Waals surface area contributed by atoms with Crippen LogP contribution in [0.4, 0.5) is 10.5 Å². The molecule has 0 spiro atoms. The number of anilines is 1. The first kappa shape index (κ1) is 20.5. The maximum Gasteiger partial charge on any atom is 0.421 e. The molecule has 0 heterocycles. The summed E-state index contributed by atoms with van der Waals surface area (Å²) in [7, 11) is -3.22. The molecule has 0 aliphatic rings. The number of nitrogens with one attached hydrogen (secondary N) is 1. The van der Waals surface area contributed by atoms with Crippen molar-refractivity contribution in [3.63, 3.8) is 0 Å². The second kappa shape index (κ2) is 8.28. The molecular formula is C17H17ClN2O6S. The van der Waals surface area contributed by atoms with Crippen LogP contribution in [0.2, 0.25) is 5.02 Å². The van der Waals surface area contributed by atoms with Gasteiger partial charge in [-0.15, -0.1) is 0 Å². The number of aryl methyl sites for hydroxylation is 1. The van der Waals surface area contributed by atoms with Gasteiger partial charge in [-0.2, -0.15) is 0 Å². The van der Waals surface area contributed by atoms with E-state index in [1.54, 1.807) is 25.1 Å². The van der Waals surface area contributed by atoms with Crippen LogP contribution < -0.4 is 10.1 Å². The largest absolute Gasteiger partial charge is 0.483 e. The van der Waals surface area contributed by atoms with Crippen molar-refractivity contribution in [2.75, 3.05) is 19.0 Å². The Bertz CT molecular complexity index is 960. The number of nitrogens with zero attached hydrogens (tertiary/aromatic N) is 1. The van der Waals surface area contributed by atoms with Crippen LogP contribution in [0.25, 0.3) is 0 Å². The third kappa shape index (κ3) is 5.11. The second-order valence-electron chi connectivity index (χ2n) is 5.53. The number of carbonyl (C=O) groups excluding carboxylic acids is 1. The zero-order chi connectivity index (χ0) is 20.2. The molecule has 2 amide bonds. The van der Waals surface area contributed by atoms with Gasteiger partial charge in [0.05, 0.1) is 4.90 Å². The topological polar surface area (TPSA) is 113 Å². The van der Waals surface area contributed by atoms with Gasteiger partial charge < -0.3 is 15.2 Å². The number of sulfonamides is 1. The Morgan fingerprint density at radius 3 is 2.37 bits per heavy atom. The molecule has 0 saturated heterocycles. The second-order valence-corrected chi connectivity index (χ2v) is 7.93. The van der Waals surface area contributed by atoms with E-state index in [2.05, 4.69) is 5.32 Å². The number of ether oxygens (including phenoxy) is 1. The van der Waals surface area contributed by atoms with Crippen LogP contribution in [-0.4, -0.2) is 43.5 Å². The van der Waals surface area contributed by atoms with Crippen molar-refractivity contribution in [1.29, 1.82) is 0 Å². The Labute approximate surface area is 161 Å². The van der Waals surface area contributed by atoms with Crippen molar-refractivity contribution in [2.24, 2.45) is 0 Å². The van der Waals surface area contributed by atoms with Crippen LogP contribution in [0.1, 0.15) is 5.56 Å². The predicted molar refractivity (Wildman–Crippen MR) is 99.7 cm³/mol. The number of amides is 2. The van der Waals surface area contributed by atoms with Gasteiger partial charge in [0.1, 0.15) is 5.75 Å². The highest BCUT2D eigenvalue weighted by molar-refractivity contribution is 7.89.